The van der Waals surface area contributed by atoms with Gasteiger partial charge in [-0.1, -0.05) is 0 Å². The van der Waals surface area contributed by atoms with Crippen molar-refractivity contribution in [3.8, 4) is 11.5 Å². The molecule has 0 heterocycles. The van der Waals surface area contributed by atoms with Gasteiger partial charge in [-0.2, -0.15) is 0 Å². The van der Waals surface area contributed by atoms with Gasteiger partial charge in [0.2, 0.25) is 0 Å². The van der Waals surface area contributed by atoms with Gasteiger partial charge >= 0.3 is 6.09 Å². The van der Waals surface area contributed by atoms with Crippen molar-refractivity contribution in [2.24, 2.45) is 0 Å². The second-order valence-corrected chi connectivity index (χ2v) is 4.99. The van der Waals surface area contributed by atoms with Crippen LogP contribution in [-0.4, -0.2) is 37.0 Å². The summed E-state index contributed by atoms with van der Waals surface area (Å²) in [6, 6.07) is 7.04. The van der Waals surface area contributed by atoms with Crippen LogP contribution in [0.4, 0.5) is 4.79 Å². The zero-order valence-corrected chi connectivity index (χ0v) is 12.8. The number of hydrogen-bond acceptors (Lipinski definition) is 4. The minimum atomic E-state index is -0.347. The van der Waals surface area contributed by atoms with Crippen LogP contribution in [0.1, 0.15) is 27.7 Å². The van der Waals surface area contributed by atoms with E-state index in [0.29, 0.717) is 11.5 Å². The summed E-state index contributed by atoms with van der Waals surface area (Å²) in [5.41, 5.74) is 0. The fourth-order valence-corrected chi connectivity index (χ4v) is 1.90. The van der Waals surface area contributed by atoms with Crippen molar-refractivity contribution < 1.29 is 19.0 Å². The van der Waals surface area contributed by atoms with Gasteiger partial charge in [0.05, 0.1) is 0 Å². The Balaban J connectivity index is 2.65. The van der Waals surface area contributed by atoms with Crippen molar-refractivity contribution in [1.82, 2.24) is 4.90 Å². The third kappa shape index (κ3) is 4.74. The molecule has 1 rings (SSSR count). The van der Waals surface area contributed by atoms with Crippen LogP contribution in [0.2, 0.25) is 0 Å². The van der Waals surface area contributed by atoms with Crippen LogP contribution in [0.15, 0.2) is 24.3 Å². The maximum atomic E-state index is 12.1. The Bertz CT molecular complexity index is 406. The first-order chi connectivity index (χ1) is 9.45. The fraction of sp³-hybridized carbons (Fsp3) is 0.533. The van der Waals surface area contributed by atoms with Crippen LogP contribution < -0.4 is 9.47 Å². The van der Waals surface area contributed by atoms with E-state index < -0.39 is 0 Å². The molecule has 0 fully saturated rings. The Morgan fingerprint density at radius 3 is 2.00 bits per heavy atom. The van der Waals surface area contributed by atoms with E-state index in [1.54, 1.807) is 36.3 Å². The third-order valence-corrected chi connectivity index (χ3v) is 2.70. The summed E-state index contributed by atoms with van der Waals surface area (Å²) < 4.78 is 15.4. The molecule has 0 aliphatic carbocycles. The standard InChI is InChI=1S/C15H23NO4/c1-11(2)16(12(3)4)15(17)20-14-8-6-13(7-9-14)19-10-18-5/h6-9,11-12H,10H2,1-5H3. The third-order valence-electron chi connectivity index (χ3n) is 2.70. The Hall–Kier alpha value is -1.75. The highest BCUT2D eigenvalue weighted by Gasteiger charge is 2.21. The van der Waals surface area contributed by atoms with Gasteiger partial charge in [-0.25, -0.2) is 4.79 Å². The minimum absolute atomic E-state index is 0.0896. The van der Waals surface area contributed by atoms with Crippen LogP contribution in [0.3, 0.4) is 0 Å². The van der Waals surface area contributed by atoms with E-state index in [1.165, 1.54) is 0 Å². The Labute approximate surface area is 120 Å². The van der Waals surface area contributed by atoms with Gasteiger partial charge in [-0.05, 0) is 52.0 Å². The Kier molecular flexibility index (Phi) is 6.31. The lowest BCUT2D eigenvalue weighted by atomic mass is 10.2. The summed E-state index contributed by atoms with van der Waals surface area (Å²) in [7, 11) is 1.56. The SMILES string of the molecule is COCOc1ccc(OC(=O)N(C(C)C)C(C)C)cc1. The van der Waals surface area contributed by atoms with E-state index in [1.807, 2.05) is 27.7 Å². The highest BCUT2D eigenvalue weighted by Crippen LogP contribution is 2.19. The average Bonchev–Trinajstić information content (AvgIpc) is 2.37. The lowest BCUT2D eigenvalue weighted by Gasteiger charge is -2.29. The first kappa shape index (κ1) is 16.3. The van der Waals surface area contributed by atoms with Gasteiger partial charge < -0.3 is 19.1 Å². The lowest BCUT2D eigenvalue weighted by molar-refractivity contribution is 0.0510. The van der Waals surface area contributed by atoms with Crippen molar-refractivity contribution in [3.63, 3.8) is 0 Å². The second kappa shape index (κ2) is 7.75. The van der Waals surface area contributed by atoms with Crippen LogP contribution in [-0.2, 0) is 4.74 Å². The number of nitrogens with zero attached hydrogens (tertiary/aromatic N) is 1. The molecular weight excluding hydrogens is 258 g/mol. The van der Waals surface area contributed by atoms with Crippen molar-refractivity contribution in [1.29, 1.82) is 0 Å². The molecule has 0 aliphatic rings. The number of methoxy groups -OCH3 is 1. The topological polar surface area (TPSA) is 48.0 Å². The molecule has 1 aromatic carbocycles. The first-order valence-electron chi connectivity index (χ1n) is 6.67. The van der Waals surface area contributed by atoms with Crippen molar-refractivity contribution >= 4 is 6.09 Å². The molecule has 0 unspecified atom stereocenters. The predicted molar refractivity (Wildman–Crippen MR) is 77.1 cm³/mol. The molecule has 1 amide bonds. The summed E-state index contributed by atoms with van der Waals surface area (Å²) >= 11 is 0. The predicted octanol–water partition coefficient (Wildman–Crippen LogP) is 3.29. The molecule has 1 aromatic rings. The molecule has 5 nitrogen and oxygen atoms in total. The summed E-state index contributed by atoms with van der Waals surface area (Å²) in [6.07, 6.45) is -0.347. The van der Waals surface area contributed by atoms with E-state index in [0.717, 1.165) is 0 Å². The zero-order chi connectivity index (χ0) is 15.1. The summed E-state index contributed by atoms with van der Waals surface area (Å²) in [5.74, 6) is 1.15. The molecule has 0 spiro atoms. The smallest absolute Gasteiger partial charge is 0.415 e. The van der Waals surface area contributed by atoms with Gasteiger partial charge in [0.25, 0.3) is 0 Å². The van der Waals surface area contributed by atoms with Gasteiger partial charge in [-0.3, -0.25) is 0 Å². The number of carbonyl (C=O) groups excluding carboxylic acids is 1. The molecule has 112 valence electrons. The normalized spacial score (nSPS) is 10.8. The van der Waals surface area contributed by atoms with Gasteiger partial charge in [0.1, 0.15) is 11.5 Å². The van der Waals surface area contributed by atoms with Gasteiger partial charge in [0.15, 0.2) is 6.79 Å². The molecule has 0 atom stereocenters. The van der Waals surface area contributed by atoms with Gasteiger partial charge in [0, 0.05) is 19.2 Å². The number of rotatable bonds is 6. The van der Waals surface area contributed by atoms with Crippen molar-refractivity contribution in [2.75, 3.05) is 13.9 Å². The molecule has 0 N–H and O–H groups in total. The van der Waals surface area contributed by atoms with Crippen LogP contribution in [0, 0.1) is 0 Å². The van der Waals surface area contributed by atoms with E-state index in [2.05, 4.69) is 0 Å². The highest BCUT2D eigenvalue weighted by molar-refractivity contribution is 5.71. The monoisotopic (exact) mass is 281 g/mol. The quantitative estimate of drug-likeness (QED) is 0.751. The number of ether oxygens (including phenoxy) is 3. The number of hydrogen-bond donors (Lipinski definition) is 0. The molecule has 0 bridgehead atoms. The maximum Gasteiger partial charge on any atom is 0.415 e. The highest BCUT2D eigenvalue weighted by atomic mass is 16.7. The Morgan fingerprint density at radius 1 is 1.05 bits per heavy atom. The van der Waals surface area contributed by atoms with E-state index in [4.69, 9.17) is 14.2 Å². The molecule has 0 aromatic heterocycles. The molecule has 20 heavy (non-hydrogen) atoms. The van der Waals surface area contributed by atoms with E-state index >= 15 is 0 Å². The second-order valence-electron chi connectivity index (χ2n) is 4.99. The average molecular weight is 281 g/mol. The van der Waals surface area contributed by atoms with Crippen LogP contribution in [0.5, 0.6) is 11.5 Å². The molecule has 0 saturated carbocycles. The largest absolute Gasteiger partial charge is 0.468 e. The van der Waals surface area contributed by atoms with Crippen molar-refractivity contribution in [2.45, 2.75) is 39.8 Å². The Morgan fingerprint density at radius 2 is 1.55 bits per heavy atom. The molecule has 0 radical (unpaired) electrons. The summed E-state index contributed by atoms with van der Waals surface area (Å²) in [5, 5.41) is 0. The zero-order valence-electron chi connectivity index (χ0n) is 12.8. The van der Waals surface area contributed by atoms with Crippen LogP contribution in [0.25, 0.3) is 0 Å². The molecular formula is C15H23NO4. The number of carbonyl (C=O) groups is 1. The van der Waals surface area contributed by atoms with Crippen molar-refractivity contribution in [3.05, 3.63) is 24.3 Å². The number of benzene rings is 1. The van der Waals surface area contributed by atoms with E-state index in [9.17, 15) is 4.79 Å². The summed E-state index contributed by atoms with van der Waals surface area (Å²) in [4.78, 5) is 13.8. The van der Waals surface area contributed by atoms with Crippen LogP contribution >= 0.6 is 0 Å². The fourth-order valence-electron chi connectivity index (χ4n) is 1.90. The summed E-state index contributed by atoms with van der Waals surface area (Å²) in [6.45, 7) is 8.03. The molecule has 0 aliphatic heterocycles. The first-order valence-corrected chi connectivity index (χ1v) is 6.67. The van der Waals surface area contributed by atoms with Gasteiger partial charge in [-0.15, -0.1) is 0 Å². The minimum Gasteiger partial charge on any atom is -0.468 e. The van der Waals surface area contributed by atoms with E-state index in [-0.39, 0.29) is 25.0 Å². The molecule has 0 saturated heterocycles. The molecule has 5 heteroatoms. The maximum absolute atomic E-state index is 12.1. The number of amides is 1. The lowest BCUT2D eigenvalue weighted by Crippen LogP contribution is -2.43.